The van der Waals surface area contributed by atoms with Crippen molar-refractivity contribution in [1.82, 2.24) is 10.2 Å². The van der Waals surface area contributed by atoms with Crippen LogP contribution in [0.4, 0.5) is 17.6 Å². The van der Waals surface area contributed by atoms with Gasteiger partial charge in [-0.1, -0.05) is 24.3 Å². The van der Waals surface area contributed by atoms with Gasteiger partial charge < -0.3 is 15.0 Å². The minimum Gasteiger partial charge on any atom is -0.381 e. The van der Waals surface area contributed by atoms with Crippen molar-refractivity contribution in [2.45, 2.75) is 37.4 Å². The number of hydrogen-bond donors (Lipinski definition) is 1. The van der Waals surface area contributed by atoms with Crippen LogP contribution in [0.5, 0.6) is 0 Å². The minimum atomic E-state index is -4.46. The van der Waals surface area contributed by atoms with Crippen molar-refractivity contribution < 1.29 is 31.9 Å². The second-order valence-corrected chi connectivity index (χ2v) is 8.99. The van der Waals surface area contributed by atoms with Gasteiger partial charge in [0.25, 0.3) is 0 Å². The Bertz CT molecular complexity index is 1030. The van der Waals surface area contributed by atoms with E-state index >= 15 is 0 Å². The van der Waals surface area contributed by atoms with Gasteiger partial charge in [-0.2, -0.15) is 13.2 Å². The Morgan fingerprint density at radius 2 is 1.82 bits per heavy atom. The number of rotatable bonds is 6. The van der Waals surface area contributed by atoms with Crippen LogP contribution in [0.2, 0.25) is 0 Å². The van der Waals surface area contributed by atoms with Gasteiger partial charge in [-0.3, -0.25) is 9.59 Å². The van der Waals surface area contributed by atoms with Gasteiger partial charge in [-0.05, 0) is 48.2 Å². The van der Waals surface area contributed by atoms with Gasteiger partial charge in [-0.25, -0.2) is 4.39 Å². The van der Waals surface area contributed by atoms with Crippen LogP contribution in [0.15, 0.2) is 48.5 Å². The first-order valence-electron chi connectivity index (χ1n) is 11.2. The van der Waals surface area contributed by atoms with Crippen molar-refractivity contribution in [2.75, 3.05) is 26.3 Å². The molecular formula is C25H26F4N2O3. The molecule has 0 spiro atoms. The topological polar surface area (TPSA) is 58.6 Å². The summed E-state index contributed by atoms with van der Waals surface area (Å²) in [5.74, 6) is -1.45. The number of hydrogen-bond acceptors (Lipinski definition) is 3. The summed E-state index contributed by atoms with van der Waals surface area (Å²) >= 11 is 0. The molecule has 34 heavy (non-hydrogen) atoms. The smallest absolute Gasteiger partial charge is 0.381 e. The molecule has 2 aromatic rings. The lowest BCUT2D eigenvalue weighted by atomic mass is 9.74. The standard InChI is InChI=1S/C25H26F4N2O3/c26-21-6-4-19(5-7-21)24(8-10-34-11-9-24)16-30-23(33)18-13-22(32)31(15-18)14-17-2-1-3-20(12-17)25(27,28)29/h1-7,12,18H,8-11,13-16H2,(H,30,33). The lowest BCUT2D eigenvalue weighted by Crippen LogP contribution is -2.46. The highest BCUT2D eigenvalue weighted by molar-refractivity contribution is 5.89. The molecule has 2 amide bonds. The molecule has 0 aromatic heterocycles. The molecule has 5 nitrogen and oxygen atoms in total. The number of benzene rings is 2. The Kier molecular flexibility index (Phi) is 6.93. The van der Waals surface area contributed by atoms with Crippen LogP contribution in [-0.2, 0) is 32.5 Å². The summed E-state index contributed by atoms with van der Waals surface area (Å²) in [7, 11) is 0. The summed E-state index contributed by atoms with van der Waals surface area (Å²) in [5.41, 5.74) is 0.128. The zero-order valence-corrected chi connectivity index (χ0v) is 18.5. The molecule has 2 aliphatic rings. The molecule has 2 aromatic carbocycles. The summed E-state index contributed by atoms with van der Waals surface area (Å²) in [5, 5.41) is 2.97. The normalized spacial score (nSPS) is 20.4. The fourth-order valence-electron chi connectivity index (χ4n) is 4.70. The Morgan fingerprint density at radius 3 is 2.50 bits per heavy atom. The number of likely N-dealkylation sites (tertiary alicyclic amines) is 1. The first kappa shape index (κ1) is 24.2. The number of carbonyl (C=O) groups is 2. The van der Waals surface area contributed by atoms with Gasteiger partial charge in [0, 0.05) is 44.7 Å². The van der Waals surface area contributed by atoms with Crippen molar-refractivity contribution in [3.8, 4) is 0 Å². The fraction of sp³-hybridized carbons (Fsp3) is 0.440. The summed E-state index contributed by atoms with van der Waals surface area (Å²) in [4.78, 5) is 26.8. The van der Waals surface area contributed by atoms with Gasteiger partial charge in [-0.15, -0.1) is 0 Å². The van der Waals surface area contributed by atoms with E-state index in [0.29, 0.717) is 38.2 Å². The lowest BCUT2D eigenvalue weighted by molar-refractivity contribution is -0.137. The SMILES string of the molecule is O=C(NCC1(c2ccc(F)cc2)CCOCC1)C1CC(=O)N(Cc2cccc(C(F)(F)F)c2)C1. The van der Waals surface area contributed by atoms with Crippen LogP contribution in [0.25, 0.3) is 0 Å². The van der Waals surface area contributed by atoms with Crippen molar-refractivity contribution in [3.63, 3.8) is 0 Å². The molecule has 9 heteroatoms. The van der Waals surface area contributed by atoms with E-state index in [-0.39, 0.29) is 42.6 Å². The molecule has 2 heterocycles. The van der Waals surface area contributed by atoms with E-state index in [1.165, 1.54) is 29.2 Å². The maximum atomic E-state index is 13.4. The zero-order valence-electron chi connectivity index (χ0n) is 18.5. The summed E-state index contributed by atoms with van der Waals surface area (Å²) in [6.07, 6.45) is -3.11. The monoisotopic (exact) mass is 478 g/mol. The molecule has 0 bridgehead atoms. The quantitative estimate of drug-likeness (QED) is 0.638. The highest BCUT2D eigenvalue weighted by atomic mass is 19.4. The second-order valence-electron chi connectivity index (χ2n) is 8.99. The number of alkyl halides is 3. The van der Waals surface area contributed by atoms with Crippen LogP contribution in [0.3, 0.4) is 0 Å². The highest BCUT2D eigenvalue weighted by Crippen LogP contribution is 2.35. The molecule has 0 radical (unpaired) electrons. The Balaban J connectivity index is 1.39. The maximum Gasteiger partial charge on any atom is 0.416 e. The Hall–Kier alpha value is -2.94. The van der Waals surface area contributed by atoms with Crippen LogP contribution >= 0.6 is 0 Å². The molecule has 2 aliphatic heterocycles. The Morgan fingerprint density at radius 1 is 1.12 bits per heavy atom. The summed E-state index contributed by atoms with van der Waals surface area (Å²) in [6.45, 7) is 1.55. The third kappa shape index (κ3) is 5.41. The Labute approximate surface area is 195 Å². The van der Waals surface area contributed by atoms with E-state index in [1.54, 1.807) is 12.1 Å². The molecule has 182 valence electrons. The fourth-order valence-corrected chi connectivity index (χ4v) is 4.70. The summed E-state index contributed by atoms with van der Waals surface area (Å²) < 4.78 is 57.8. The van der Waals surface area contributed by atoms with Crippen LogP contribution in [0.1, 0.15) is 36.0 Å². The van der Waals surface area contributed by atoms with Crippen LogP contribution in [-0.4, -0.2) is 43.0 Å². The second kappa shape index (κ2) is 9.74. The molecule has 4 rings (SSSR count). The predicted molar refractivity (Wildman–Crippen MR) is 116 cm³/mol. The third-order valence-electron chi connectivity index (χ3n) is 6.72. The van der Waals surface area contributed by atoms with Crippen LogP contribution < -0.4 is 5.32 Å². The highest BCUT2D eigenvalue weighted by Gasteiger charge is 2.38. The van der Waals surface area contributed by atoms with Crippen molar-refractivity contribution in [2.24, 2.45) is 5.92 Å². The number of carbonyl (C=O) groups excluding carboxylic acids is 2. The van der Waals surface area contributed by atoms with Gasteiger partial charge >= 0.3 is 6.18 Å². The first-order chi connectivity index (χ1) is 16.2. The van der Waals surface area contributed by atoms with E-state index in [0.717, 1.165) is 17.7 Å². The van der Waals surface area contributed by atoms with E-state index in [9.17, 15) is 27.2 Å². The van der Waals surface area contributed by atoms with Crippen LogP contribution in [0, 0.1) is 11.7 Å². The predicted octanol–water partition coefficient (Wildman–Crippen LogP) is 4.06. The van der Waals surface area contributed by atoms with E-state index in [2.05, 4.69) is 5.32 Å². The van der Waals surface area contributed by atoms with Crippen molar-refractivity contribution in [1.29, 1.82) is 0 Å². The van der Waals surface area contributed by atoms with Gasteiger partial charge in [0.05, 0.1) is 11.5 Å². The maximum absolute atomic E-state index is 13.4. The minimum absolute atomic E-state index is 0.0114. The first-order valence-corrected chi connectivity index (χ1v) is 11.2. The van der Waals surface area contributed by atoms with Gasteiger partial charge in [0.15, 0.2) is 0 Å². The van der Waals surface area contributed by atoms with Gasteiger partial charge in [0.1, 0.15) is 5.82 Å². The number of halogens is 4. The zero-order chi connectivity index (χ0) is 24.3. The summed E-state index contributed by atoms with van der Waals surface area (Å²) in [6, 6.07) is 11.1. The average molecular weight is 478 g/mol. The molecule has 1 N–H and O–H groups in total. The number of nitrogens with one attached hydrogen (secondary N) is 1. The average Bonchev–Trinajstić information content (AvgIpc) is 3.18. The molecule has 2 fully saturated rings. The molecule has 0 aliphatic carbocycles. The van der Waals surface area contributed by atoms with E-state index < -0.39 is 17.7 Å². The van der Waals surface area contributed by atoms with E-state index in [4.69, 9.17) is 4.74 Å². The molecule has 0 saturated carbocycles. The van der Waals surface area contributed by atoms with Gasteiger partial charge in [0.2, 0.25) is 11.8 Å². The third-order valence-corrected chi connectivity index (χ3v) is 6.72. The lowest BCUT2D eigenvalue weighted by Gasteiger charge is -2.38. The number of nitrogens with zero attached hydrogens (tertiary/aromatic N) is 1. The molecule has 2 saturated heterocycles. The van der Waals surface area contributed by atoms with Crippen molar-refractivity contribution in [3.05, 3.63) is 71.0 Å². The largest absolute Gasteiger partial charge is 0.416 e. The van der Waals surface area contributed by atoms with Crippen molar-refractivity contribution >= 4 is 11.8 Å². The number of amides is 2. The molecule has 1 unspecified atom stereocenters. The van der Waals surface area contributed by atoms with E-state index in [1.807, 2.05) is 0 Å². The molecular weight excluding hydrogens is 452 g/mol. The molecule has 1 atom stereocenters. The number of ether oxygens (including phenoxy) is 1.